The number of nitrogen functional groups attached to an aromatic ring is 1. The Bertz CT molecular complexity index is 496. The Morgan fingerprint density at radius 2 is 2.17 bits per heavy atom. The average molecular weight is 280 g/mol. The summed E-state index contributed by atoms with van der Waals surface area (Å²) in [5.74, 6) is -0.889. The van der Waals surface area contributed by atoms with Crippen molar-refractivity contribution < 1.29 is 18.5 Å². The summed E-state index contributed by atoms with van der Waals surface area (Å²) in [6.07, 6.45) is -2.71. The summed E-state index contributed by atoms with van der Waals surface area (Å²) in [4.78, 5) is 21.2. The molecule has 98 valence electrons. The number of hydrogen-bond acceptors (Lipinski definition) is 4. The van der Waals surface area contributed by atoms with Gasteiger partial charge in [0, 0.05) is 11.6 Å². The van der Waals surface area contributed by atoms with Crippen molar-refractivity contribution >= 4 is 28.9 Å². The first-order valence-electron chi connectivity index (χ1n) is 4.62. The van der Waals surface area contributed by atoms with Crippen LogP contribution < -0.4 is 11.1 Å². The van der Waals surface area contributed by atoms with Crippen molar-refractivity contribution in [2.24, 2.45) is 0 Å². The van der Waals surface area contributed by atoms with E-state index in [4.69, 9.17) is 17.3 Å². The van der Waals surface area contributed by atoms with Crippen molar-refractivity contribution in [3.05, 3.63) is 32.8 Å². The second-order valence-corrected chi connectivity index (χ2v) is 3.66. The van der Waals surface area contributed by atoms with E-state index in [9.17, 15) is 23.7 Å². The van der Waals surface area contributed by atoms with Crippen LogP contribution in [-0.4, -0.2) is 23.8 Å². The molecule has 0 heterocycles. The van der Waals surface area contributed by atoms with Crippen LogP contribution in [0.2, 0.25) is 5.02 Å². The van der Waals surface area contributed by atoms with Gasteiger partial charge < -0.3 is 11.1 Å². The fourth-order valence-corrected chi connectivity index (χ4v) is 1.37. The van der Waals surface area contributed by atoms with Gasteiger partial charge in [0.05, 0.1) is 16.5 Å². The molecule has 9 heteroatoms. The van der Waals surface area contributed by atoms with Crippen LogP contribution in [0.15, 0.2) is 12.1 Å². The molecule has 1 aromatic rings. The van der Waals surface area contributed by atoms with E-state index in [0.717, 1.165) is 12.1 Å². The first-order chi connectivity index (χ1) is 8.32. The second-order valence-electron chi connectivity index (χ2n) is 3.25. The minimum Gasteiger partial charge on any atom is -0.392 e. The molecule has 18 heavy (non-hydrogen) atoms. The van der Waals surface area contributed by atoms with Crippen LogP contribution in [0.4, 0.5) is 20.2 Å². The first-order valence-corrected chi connectivity index (χ1v) is 5.00. The number of amides is 1. The first kappa shape index (κ1) is 14.1. The summed E-state index contributed by atoms with van der Waals surface area (Å²) in [6.45, 7) is -0.853. The highest BCUT2D eigenvalue weighted by molar-refractivity contribution is 6.34. The highest BCUT2D eigenvalue weighted by atomic mass is 35.5. The van der Waals surface area contributed by atoms with Gasteiger partial charge in [0.15, 0.2) is 0 Å². The van der Waals surface area contributed by atoms with E-state index in [1.54, 1.807) is 0 Å². The quantitative estimate of drug-likeness (QED) is 0.499. The van der Waals surface area contributed by atoms with Crippen LogP contribution in [0.3, 0.4) is 0 Å². The Kier molecular flexibility index (Phi) is 4.38. The van der Waals surface area contributed by atoms with Gasteiger partial charge in [-0.2, -0.15) is 0 Å². The zero-order chi connectivity index (χ0) is 13.9. The molecule has 0 bridgehead atoms. The third-order valence-corrected chi connectivity index (χ3v) is 2.30. The Labute approximate surface area is 105 Å². The Hall–Kier alpha value is -1.96. The Morgan fingerprint density at radius 3 is 2.67 bits per heavy atom. The molecule has 0 aliphatic heterocycles. The van der Waals surface area contributed by atoms with Gasteiger partial charge in [0.1, 0.15) is 5.69 Å². The third-order valence-electron chi connectivity index (χ3n) is 1.98. The second kappa shape index (κ2) is 5.58. The molecule has 0 aliphatic rings. The minimum absolute atomic E-state index is 0.189. The monoisotopic (exact) mass is 279 g/mol. The maximum atomic E-state index is 11.9. The van der Waals surface area contributed by atoms with Crippen molar-refractivity contribution in [3.63, 3.8) is 0 Å². The summed E-state index contributed by atoms with van der Waals surface area (Å²) in [7, 11) is 0. The van der Waals surface area contributed by atoms with Gasteiger partial charge in [-0.05, 0) is 6.07 Å². The van der Waals surface area contributed by atoms with Crippen molar-refractivity contribution in [1.82, 2.24) is 5.32 Å². The lowest BCUT2D eigenvalue weighted by Crippen LogP contribution is -2.28. The van der Waals surface area contributed by atoms with Crippen molar-refractivity contribution in [1.29, 1.82) is 0 Å². The molecular weight excluding hydrogens is 272 g/mol. The summed E-state index contributed by atoms with van der Waals surface area (Å²) >= 11 is 5.61. The number of nitrogens with two attached hydrogens (primary N) is 1. The van der Waals surface area contributed by atoms with Crippen molar-refractivity contribution in [2.75, 3.05) is 12.3 Å². The molecule has 1 rings (SSSR count). The molecule has 1 aromatic carbocycles. The summed E-state index contributed by atoms with van der Waals surface area (Å²) in [6, 6.07) is 1.95. The van der Waals surface area contributed by atoms with Crippen LogP contribution in [-0.2, 0) is 0 Å². The van der Waals surface area contributed by atoms with Crippen molar-refractivity contribution in [2.45, 2.75) is 6.43 Å². The number of anilines is 1. The zero-order valence-electron chi connectivity index (χ0n) is 8.82. The van der Waals surface area contributed by atoms with Crippen LogP contribution in [0.1, 0.15) is 10.4 Å². The summed E-state index contributed by atoms with van der Waals surface area (Å²) in [5, 5.41) is 12.3. The van der Waals surface area contributed by atoms with Gasteiger partial charge in [-0.3, -0.25) is 14.9 Å². The maximum Gasteiger partial charge on any atom is 0.294 e. The number of carbonyl (C=O) groups is 1. The molecule has 0 aliphatic carbocycles. The molecule has 3 N–H and O–H groups in total. The van der Waals surface area contributed by atoms with Gasteiger partial charge in [-0.25, -0.2) is 8.78 Å². The van der Waals surface area contributed by atoms with E-state index in [-0.39, 0.29) is 16.3 Å². The largest absolute Gasteiger partial charge is 0.392 e. The summed E-state index contributed by atoms with van der Waals surface area (Å²) in [5.41, 5.74) is 4.31. The number of benzene rings is 1. The maximum absolute atomic E-state index is 11.9. The van der Waals surface area contributed by atoms with E-state index < -0.39 is 29.5 Å². The Morgan fingerprint density at radius 1 is 1.56 bits per heavy atom. The molecule has 0 radical (unpaired) electrons. The average Bonchev–Trinajstić information content (AvgIpc) is 2.28. The summed E-state index contributed by atoms with van der Waals surface area (Å²) < 4.78 is 23.8. The van der Waals surface area contributed by atoms with Gasteiger partial charge in [0.2, 0.25) is 0 Å². The third kappa shape index (κ3) is 3.27. The van der Waals surface area contributed by atoms with Gasteiger partial charge >= 0.3 is 0 Å². The van der Waals surface area contributed by atoms with E-state index in [1.807, 2.05) is 5.32 Å². The van der Waals surface area contributed by atoms with Gasteiger partial charge in [0.25, 0.3) is 18.0 Å². The molecule has 0 fully saturated rings. The molecular formula is C9H8ClF2N3O3. The van der Waals surface area contributed by atoms with E-state index in [2.05, 4.69) is 0 Å². The lowest BCUT2D eigenvalue weighted by Gasteiger charge is -2.06. The normalized spacial score (nSPS) is 10.4. The van der Waals surface area contributed by atoms with Crippen LogP contribution in [0.5, 0.6) is 0 Å². The lowest BCUT2D eigenvalue weighted by atomic mass is 10.1. The predicted octanol–water partition coefficient (Wildman–Crippen LogP) is 1.83. The fourth-order valence-electron chi connectivity index (χ4n) is 1.16. The highest BCUT2D eigenvalue weighted by Gasteiger charge is 2.19. The number of rotatable bonds is 4. The standard InChI is InChI=1S/C9H8ClF2N3O3/c10-5-1-4(9(16)14-3-7(11)12)2-6(8(5)13)15(17)18/h1-2,7H,3,13H2,(H,14,16). The molecule has 6 nitrogen and oxygen atoms in total. The number of nitrogens with one attached hydrogen (secondary N) is 1. The van der Waals surface area contributed by atoms with Crippen LogP contribution in [0.25, 0.3) is 0 Å². The smallest absolute Gasteiger partial charge is 0.294 e. The number of nitrogens with zero attached hydrogens (tertiary/aromatic N) is 1. The number of hydrogen-bond donors (Lipinski definition) is 2. The van der Waals surface area contributed by atoms with Crippen molar-refractivity contribution in [3.8, 4) is 0 Å². The Balaban J connectivity index is 3.03. The SMILES string of the molecule is Nc1c(Cl)cc(C(=O)NCC(F)F)cc1[N+](=O)[O-]. The molecule has 0 atom stereocenters. The molecule has 0 spiro atoms. The zero-order valence-corrected chi connectivity index (χ0v) is 9.58. The topological polar surface area (TPSA) is 98.3 Å². The lowest BCUT2D eigenvalue weighted by molar-refractivity contribution is -0.383. The molecule has 0 unspecified atom stereocenters. The van der Waals surface area contributed by atoms with E-state index in [0.29, 0.717) is 0 Å². The molecule has 1 amide bonds. The van der Waals surface area contributed by atoms with Gasteiger partial charge in [-0.15, -0.1) is 0 Å². The number of nitro benzene ring substituents is 1. The number of halogens is 3. The van der Waals surface area contributed by atoms with E-state index in [1.165, 1.54) is 0 Å². The number of nitro groups is 1. The molecule has 0 saturated carbocycles. The number of carbonyl (C=O) groups excluding carboxylic acids is 1. The van der Waals surface area contributed by atoms with E-state index >= 15 is 0 Å². The highest BCUT2D eigenvalue weighted by Crippen LogP contribution is 2.30. The molecule has 0 aromatic heterocycles. The molecule has 0 saturated heterocycles. The van der Waals surface area contributed by atoms with Crippen LogP contribution >= 0.6 is 11.6 Å². The van der Waals surface area contributed by atoms with Gasteiger partial charge in [-0.1, -0.05) is 11.6 Å². The number of alkyl halides is 2. The minimum atomic E-state index is -2.71. The predicted molar refractivity (Wildman–Crippen MR) is 60.9 cm³/mol. The van der Waals surface area contributed by atoms with Crippen LogP contribution in [0, 0.1) is 10.1 Å². The fraction of sp³-hybridized carbons (Fsp3) is 0.222.